The Morgan fingerprint density at radius 3 is 2.31 bits per heavy atom. The average molecular weight is 1120 g/mol. The zero-order valence-electron chi connectivity index (χ0n) is 48.9. The molecule has 0 saturated carbocycles. The maximum atomic E-state index is 13.7. The first-order valence-corrected chi connectivity index (χ1v) is 30.1. The summed E-state index contributed by atoms with van der Waals surface area (Å²) in [5, 5.41) is 33.1. The average Bonchev–Trinajstić information content (AvgIpc) is 4.45. The lowest BCUT2D eigenvalue weighted by atomic mass is 10.0. The van der Waals surface area contributed by atoms with Gasteiger partial charge in [0.2, 0.25) is 5.91 Å². The first kappa shape index (κ1) is 58.8. The minimum Gasteiger partial charge on any atom is -0.858 e. The smallest absolute Gasteiger partial charge is 0.315 e. The Hall–Kier alpha value is -6.82. The first-order valence-electron chi connectivity index (χ1n) is 29.1. The lowest BCUT2D eigenvalue weighted by molar-refractivity contribution is -0.213. The van der Waals surface area contributed by atoms with Gasteiger partial charge in [-0.1, -0.05) is 70.7 Å². The van der Waals surface area contributed by atoms with Crippen molar-refractivity contribution in [2.75, 3.05) is 64.7 Å². The molecule has 81 heavy (non-hydrogen) atoms. The molecule has 434 valence electrons. The summed E-state index contributed by atoms with van der Waals surface area (Å²) >= 11 is 1.91. The predicted molar refractivity (Wildman–Crippen MR) is 323 cm³/mol. The molecule has 3 fully saturated rings. The van der Waals surface area contributed by atoms with E-state index in [0.717, 1.165) is 175 Å². The van der Waals surface area contributed by atoms with Gasteiger partial charge < -0.3 is 55.2 Å². The molecule has 17 heteroatoms. The summed E-state index contributed by atoms with van der Waals surface area (Å²) in [6.45, 7) is 35.7. The number of aromatic nitrogens is 1. The molecule has 3 atom stereocenters. The number of fused-ring (bicyclic) bond motifs is 1. The number of urea groups is 1. The highest BCUT2D eigenvalue weighted by Crippen LogP contribution is 2.42. The molecular weight excluding hydrogens is 1040 g/mol. The van der Waals surface area contributed by atoms with Crippen molar-refractivity contribution >= 4 is 35.2 Å². The molecule has 0 bridgehead atoms. The number of hydrogen-bond donors (Lipinski definition) is 3. The van der Waals surface area contributed by atoms with Gasteiger partial charge in [-0.15, -0.1) is 23.5 Å². The summed E-state index contributed by atoms with van der Waals surface area (Å²) in [6.07, 6.45) is 16.8. The molecular formula is C64H82N10O6S-4. The van der Waals surface area contributed by atoms with E-state index in [0.29, 0.717) is 72.9 Å². The van der Waals surface area contributed by atoms with Gasteiger partial charge in [-0.25, -0.2) is 4.79 Å². The molecule has 3 unspecified atom stereocenters. The van der Waals surface area contributed by atoms with Crippen LogP contribution in [0.4, 0.5) is 4.79 Å². The topological polar surface area (TPSA) is 192 Å². The molecule has 16 nitrogen and oxygen atoms in total. The number of thioether (sulfide) groups is 1. The summed E-state index contributed by atoms with van der Waals surface area (Å²) in [5.41, 5.74) is 12.4. The Labute approximate surface area is 484 Å². The number of carbonyl (C=O) groups excluding carboxylic acids is 2. The molecule has 9 rings (SSSR count). The van der Waals surface area contributed by atoms with Gasteiger partial charge in [-0.2, -0.15) is 23.9 Å². The van der Waals surface area contributed by atoms with Crippen LogP contribution in [0.3, 0.4) is 0 Å². The second-order valence-electron chi connectivity index (χ2n) is 22.4. The van der Waals surface area contributed by atoms with E-state index < -0.39 is 0 Å². The van der Waals surface area contributed by atoms with Crippen molar-refractivity contribution in [3.63, 3.8) is 0 Å². The highest BCUT2D eigenvalue weighted by Gasteiger charge is 2.42. The van der Waals surface area contributed by atoms with E-state index in [2.05, 4.69) is 87.4 Å². The molecule has 0 spiro atoms. The Kier molecular flexibility index (Phi) is 19.2. The van der Waals surface area contributed by atoms with Gasteiger partial charge in [0.1, 0.15) is 23.0 Å². The van der Waals surface area contributed by atoms with Crippen LogP contribution in [0.25, 0.3) is 27.5 Å². The second kappa shape index (κ2) is 26.4. The van der Waals surface area contributed by atoms with Crippen molar-refractivity contribution < 1.29 is 28.3 Å². The number of amides is 3. The van der Waals surface area contributed by atoms with Crippen molar-refractivity contribution in [2.45, 2.75) is 137 Å². The van der Waals surface area contributed by atoms with Crippen LogP contribution in [0.5, 0.6) is 0 Å². The maximum Gasteiger partial charge on any atom is 0.315 e. The molecule has 3 aromatic heterocycles. The molecule has 3 N–H and O–H groups in total. The number of pyridine rings is 1. The van der Waals surface area contributed by atoms with Crippen molar-refractivity contribution in [3.8, 4) is 11.3 Å². The molecule has 0 aliphatic carbocycles. The molecule has 9 heterocycles. The largest absolute Gasteiger partial charge is 0.858 e. The van der Waals surface area contributed by atoms with Crippen LogP contribution in [0.15, 0.2) is 115 Å². The zero-order chi connectivity index (χ0) is 57.5. The SMILES string of the molecule is C=C1C=C(c2oc(C)c(CC)c2C)C=C(CN2CCN(Cc3cc(-c4oc(C)c(C([O-])=NCCCCCCNC(=O)CCCCC5SCC6NC(=O)NC65)c4C)cc(C)n3)CCN(C3=CC(C4=C(C)C(=C)[C-](C)O4)=CC(=C)[N-]3)CC2)[N-]1. The Morgan fingerprint density at radius 1 is 0.852 bits per heavy atom. The summed E-state index contributed by atoms with van der Waals surface area (Å²) in [7, 11) is 0. The fourth-order valence-corrected chi connectivity index (χ4v) is 13.5. The van der Waals surface area contributed by atoms with E-state index in [-0.39, 0.29) is 29.9 Å². The number of rotatable bonds is 22. The molecule has 3 aromatic rings. The number of nitrogens with zero attached hydrogens (tertiary/aromatic N) is 7. The van der Waals surface area contributed by atoms with E-state index >= 15 is 0 Å². The van der Waals surface area contributed by atoms with Crippen LogP contribution in [0.2, 0.25) is 0 Å². The fourth-order valence-electron chi connectivity index (χ4n) is 12.0. The van der Waals surface area contributed by atoms with Crippen LogP contribution < -0.4 is 21.1 Å². The van der Waals surface area contributed by atoms with Gasteiger partial charge in [-0.3, -0.25) is 19.6 Å². The number of allylic oxidation sites excluding steroid dienone is 5. The van der Waals surface area contributed by atoms with Crippen LogP contribution in [0, 0.1) is 40.7 Å². The number of unbranched alkanes of at least 4 members (excludes halogenated alkanes) is 4. The van der Waals surface area contributed by atoms with Crippen molar-refractivity contribution in [3.05, 3.63) is 169 Å². The van der Waals surface area contributed by atoms with Gasteiger partial charge in [-0.05, 0) is 140 Å². The predicted octanol–water partition coefficient (Wildman–Crippen LogP) is 10.9. The molecule has 3 saturated heterocycles. The Morgan fingerprint density at radius 2 is 1.57 bits per heavy atom. The third-order valence-corrected chi connectivity index (χ3v) is 17.9. The highest BCUT2D eigenvalue weighted by molar-refractivity contribution is 8.00. The van der Waals surface area contributed by atoms with E-state index in [9.17, 15) is 14.7 Å². The minimum absolute atomic E-state index is 0.0634. The maximum absolute atomic E-state index is 13.7. The van der Waals surface area contributed by atoms with E-state index in [4.69, 9.17) is 29.2 Å². The van der Waals surface area contributed by atoms with E-state index in [1.54, 1.807) is 0 Å². The lowest BCUT2D eigenvalue weighted by Gasteiger charge is -2.41. The first-order chi connectivity index (χ1) is 38.9. The molecule has 0 aromatic carbocycles. The molecule has 0 radical (unpaired) electrons. The van der Waals surface area contributed by atoms with Crippen LogP contribution in [-0.2, 0) is 22.5 Å². The zero-order valence-corrected chi connectivity index (χ0v) is 49.8. The van der Waals surface area contributed by atoms with E-state index in [1.165, 1.54) is 5.56 Å². The van der Waals surface area contributed by atoms with Crippen LogP contribution >= 0.6 is 11.8 Å². The number of aliphatic imine (C=N–C) groups is 1. The van der Waals surface area contributed by atoms with Crippen molar-refractivity contribution in [1.82, 2.24) is 35.6 Å². The summed E-state index contributed by atoms with van der Waals surface area (Å²) in [4.78, 5) is 40.9. The van der Waals surface area contributed by atoms with Gasteiger partial charge in [0, 0.05) is 90.2 Å². The number of carbonyl (C=O) groups is 2. The number of nitrogens with one attached hydrogen (secondary N) is 3. The van der Waals surface area contributed by atoms with Crippen molar-refractivity contribution in [1.29, 1.82) is 0 Å². The van der Waals surface area contributed by atoms with Crippen molar-refractivity contribution in [2.24, 2.45) is 4.99 Å². The normalized spacial score (nSPS) is 21.1. The molecule has 6 aliphatic heterocycles. The monoisotopic (exact) mass is 1120 g/mol. The minimum atomic E-state index is -0.266. The Balaban J connectivity index is 0.825. The summed E-state index contributed by atoms with van der Waals surface area (Å²) < 4.78 is 19.0. The number of furan rings is 2. The standard InChI is InChI=1S/C64H83N10O6S/c1-12-53-43(7)61(79-46(53)10)48-29-38(2)67-51(32-48)35-72-23-24-73(26-28-74(27-25-72)56-34-50(31-40(4)69-56)60-42(6)41(5)45(9)78-60)36-52-33-49(30-39(3)68-52)62-44(8)58(47(11)80-62)63(76)66-22-18-14-13-17-21-65-57(75)20-16-15-19-55-59-54(37-81-55)70-64(77)71-59/h29-34,54-55,59H,2,4-5,12-28,35-37H2,1,3,6-11H3,(H,65,75)(H,66,76)(H2,70,71,77)/q-3/p-1. The lowest BCUT2D eigenvalue weighted by Crippen LogP contribution is -2.37. The Bertz CT molecular complexity index is 3100. The third-order valence-electron chi connectivity index (χ3n) is 16.4. The van der Waals surface area contributed by atoms with Gasteiger partial charge in [0.05, 0.1) is 23.5 Å². The van der Waals surface area contributed by atoms with Crippen LogP contribution in [0.1, 0.15) is 123 Å². The molecule has 3 amide bonds. The quantitative estimate of drug-likeness (QED) is 0.0285. The number of aryl methyl sites for hydroxylation is 3. The van der Waals surface area contributed by atoms with Gasteiger partial charge >= 0.3 is 6.03 Å². The highest BCUT2D eigenvalue weighted by atomic mass is 32.2. The van der Waals surface area contributed by atoms with Crippen LogP contribution in [-0.4, -0.2) is 120 Å². The number of hydrogen-bond acceptors (Lipinski definition) is 12. The second-order valence-corrected chi connectivity index (χ2v) is 23.7. The van der Waals surface area contributed by atoms with E-state index in [1.807, 2.05) is 71.5 Å². The number of ether oxygens (including phenoxy) is 1. The fraction of sp³-hybridized carbons (Fsp3) is 0.484. The third kappa shape index (κ3) is 14.3. The molecule has 6 aliphatic rings. The van der Waals surface area contributed by atoms with Gasteiger partial charge in [0.25, 0.3) is 0 Å². The summed E-state index contributed by atoms with van der Waals surface area (Å²) in [6, 6.07) is 4.48. The summed E-state index contributed by atoms with van der Waals surface area (Å²) in [5.74, 6) is 5.42. The van der Waals surface area contributed by atoms with Gasteiger partial charge in [0.15, 0.2) is 0 Å².